The van der Waals surface area contributed by atoms with Crippen LogP contribution in [0.1, 0.15) is 23.6 Å². The summed E-state index contributed by atoms with van der Waals surface area (Å²) >= 11 is 1.55. The third kappa shape index (κ3) is 2.67. The lowest BCUT2D eigenvalue weighted by molar-refractivity contribution is -0.132. The van der Waals surface area contributed by atoms with Crippen LogP contribution in [0, 0.1) is 0 Å². The van der Waals surface area contributed by atoms with E-state index in [1.165, 1.54) is 23.4 Å². The molecule has 2 aliphatic rings. The van der Waals surface area contributed by atoms with E-state index in [2.05, 4.69) is 17.1 Å². The van der Waals surface area contributed by atoms with Gasteiger partial charge in [0.1, 0.15) is 0 Å². The summed E-state index contributed by atoms with van der Waals surface area (Å²) in [5.41, 5.74) is 2.49. The number of nitrogens with zero attached hydrogens (tertiary/aromatic N) is 3. The molecule has 3 heterocycles. The first-order valence-corrected chi connectivity index (χ1v) is 8.76. The van der Waals surface area contributed by atoms with Crippen molar-refractivity contribution in [2.75, 3.05) is 12.3 Å². The molecule has 5 nitrogen and oxygen atoms in total. The van der Waals surface area contributed by atoms with Gasteiger partial charge in [-0.2, -0.15) is 0 Å². The van der Waals surface area contributed by atoms with Crippen LogP contribution < -0.4 is 5.56 Å². The van der Waals surface area contributed by atoms with Crippen LogP contribution in [0.25, 0.3) is 0 Å². The molecule has 1 aromatic carbocycles. The number of hydrogen-bond donors (Lipinski definition) is 0. The molecule has 0 saturated carbocycles. The van der Waals surface area contributed by atoms with Gasteiger partial charge in [0, 0.05) is 37.5 Å². The fourth-order valence-corrected chi connectivity index (χ4v) is 4.40. The van der Waals surface area contributed by atoms with E-state index in [9.17, 15) is 9.59 Å². The van der Waals surface area contributed by atoms with Crippen molar-refractivity contribution in [1.82, 2.24) is 14.5 Å². The van der Waals surface area contributed by atoms with Gasteiger partial charge in [0.05, 0.1) is 6.04 Å². The number of aromatic nitrogens is 2. The largest absolute Gasteiger partial charge is 0.338 e. The molecule has 23 heavy (non-hydrogen) atoms. The minimum absolute atomic E-state index is 0.0678. The molecule has 0 aliphatic carbocycles. The lowest BCUT2D eigenvalue weighted by Gasteiger charge is -2.29. The van der Waals surface area contributed by atoms with Gasteiger partial charge in [-0.1, -0.05) is 36.0 Å². The monoisotopic (exact) mass is 327 g/mol. The van der Waals surface area contributed by atoms with E-state index in [1.54, 1.807) is 16.3 Å². The molecule has 0 saturated heterocycles. The highest BCUT2D eigenvalue weighted by molar-refractivity contribution is 7.99. The minimum atomic E-state index is -0.0825. The summed E-state index contributed by atoms with van der Waals surface area (Å²) in [5.74, 6) is 0.858. The summed E-state index contributed by atoms with van der Waals surface area (Å²) in [4.78, 5) is 30.8. The van der Waals surface area contributed by atoms with Crippen LogP contribution in [0.3, 0.4) is 0 Å². The highest BCUT2D eigenvalue weighted by Gasteiger charge is 2.29. The number of thioether (sulfide) groups is 1. The van der Waals surface area contributed by atoms with E-state index in [4.69, 9.17) is 0 Å². The normalized spacial score (nSPS) is 19.3. The van der Waals surface area contributed by atoms with Crippen LogP contribution in [-0.4, -0.2) is 32.7 Å². The Kier molecular flexibility index (Phi) is 3.69. The molecular weight excluding hydrogens is 310 g/mol. The minimum Gasteiger partial charge on any atom is -0.338 e. The number of benzene rings is 1. The second-order valence-corrected chi connectivity index (χ2v) is 6.93. The SMILES string of the molecule is O=C(CC1CSc2nccc(=O)n21)N1CCc2ccccc2C1. The first-order valence-electron chi connectivity index (χ1n) is 7.77. The predicted molar refractivity (Wildman–Crippen MR) is 88.4 cm³/mol. The molecule has 6 heteroatoms. The van der Waals surface area contributed by atoms with Crippen molar-refractivity contribution in [1.29, 1.82) is 0 Å². The standard InChI is InChI=1S/C17H17N3O2S/c21-15-5-7-18-17-20(15)14(11-23-17)9-16(22)19-8-6-12-3-1-2-4-13(12)10-19/h1-5,7,14H,6,8-11H2. The number of fused-ring (bicyclic) bond motifs is 2. The maximum Gasteiger partial charge on any atom is 0.254 e. The average Bonchev–Trinajstić information content (AvgIpc) is 2.98. The Balaban J connectivity index is 1.50. The summed E-state index contributed by atoms with van der Waals surface area (Å²) in [6.45, 7) is 1.42. The van der Waals surface area contributed by atoms with Crippen LogP contribution in [-0.2, 0) is 17.8 Å². The first-order chi connectivity index (χ1) is 11.2. The zero-order valence-corrected chi connectivity index (χ0v) is 13.5. The maximum atomic E-state index is 12.7. The molecule has 118 valence electrons. The summed E-state index contributed by atoms with van der Waals surface area (Å²) in [5, 5.41) is 0.722. The van der Waals surface area contributed by atoms with Crippen LogP contribution in [0.4, 0.5) is 0 Å². The number of hydrogen-bond acceptors (Lipinski definition) is 4. The fourth-order valence-electron chi connectivity index (χ4n) is 3.28. The Hall–Kier alpha value is -2.08. The average molecular weight is 327 g/mol. The Bertz CT molecular complexity index is 817. The van der Waals surface area contributed by atoms with Crippen molar-refractivity contribution in [2.24, 2.45) is 0 Å². The molecule has 2 aliphatic heterocycles. The Morgan fingerprint density at radius 3 is 2.96 bits per heavy atom. The van der Waals surface area contributed by atoms with Gasteiger partial charge in [0.2, 0.25) is 5.91 Å². The zero-order valence-electron chi connectivity index (χ0n) is 12.6. The fraction of sp³-hybridized carbons (Fsp3) is 0.353. The molecule has 0 fully saturated rings. The van der Waals surface area contributed by atoms with E-state index in [0.29, 0.717) is 13.0 Å². The summed E-state index contributed by atoms with van der Waals surface area (Å²) in [6, 6.07) is 9.66. The van der Waals surface area contributed by atoms with Crippen LogP contribution in [0.5, 0.6) is 0 Å². The van der Waals surface area contributed by atoms with Gasteiger partial charge < -0.3 is 4.90 Å². The summed E-state index contributed by atoms with van der Waals surface area (Å²) in [6.07, 6.45) is 2.81. The van der Waals surface area contributed by atoms with Crippen LogP contribution in [0.2, 0.25) is 0 Å². The number of rotatable bonds is 2. The van der Waals surface area contributed by atoms with Crippen molar-refractivity contribution in [3.63, 3.8) is 0 Å². The van der Waals surface area contributed by atoms with Crippen molar-refractivity contribution in [2.45, 2.75) is 30.6 Å². The number of amides is 1. The van der Waals surface area contributed by atoms with Gasteiger partial charge >= 0.3 is 0 Å². The van der Waals surface area contributed by atoms with E-state index in [0.717, 1.165) is 23.9 Å². The number of carbonyl (C=O) groups excluding carboxylic acids is 1. The second kappa shape index (κ2) is 5.85. The topological polar surface area (TPSA) is 55.2 Å². The molecule has 1 atom stereocenters. The summed E-state index contributed by atoms with van der Waals surface area (Å²) in [7, 11) is 0. The van der Waals surface area contributed by atoms with E-state index in [-0.39, 0.29) is 17.5 Å². The molecule has 0 radical (unpaired) electrons. The molecule has 1 unspecified atom stereocenters. The third-order valence-corrected chi connectivity index (χ3v) is 5.62. The van der Waals surface area contributed by atoms with Crippen molar-refractivity contribution in [3.8, 4) is 0 Å². The van der Waals surface area contributed by atoms with Gasteiger partial charge in [0.15, 0.2) is 5.16 Å². The van der Waals surface area contributed by atoms with Gasteiger partial charge in [-0.25, -0.2) is 4.98 Å². The lowest BCUT2D eigenvalue weighted by atomic mass is 9.99. The van der Waals surface area contributed by atoms with Crippen LogP contribution >= 0.6 is 11.8 Å². The molecule has 0 N–H and O–H groups in total. The maximum absolute atomic E-state index is 12.7. The molecule has 2 aromatic rings. The Morgan fingerprint density at radius 2 is 2.09 bits per heavy atom. The van der Waals surface area contributed by atoms with Crippen LogP contribution in [0.15, 0.2) is 46.5 Å². The Morgan fingerprint density at radius 1 is 1.26 bits per heavy atom. The van der Waals surface area contributed by atoms with E-state index >= 15 is 0 Å². The molecule has 4 rings (SSSR count). The zero-order chi connectivity index (χ0) is 15.8. The van der Waals surface area contributed by atoms with Crippen molar-refractivity contribution >= 4 is 17.7 Å². The molecule has 0 bridgehead atoms. The van der Waals surface area contributed by atoms with Gasteiger partial charge in [-0.05, 0) is 17.5 Å². The second-order valence-electron chi connectivity index (χ2n) is 5.94. The van der Waals surface area contributed by atoms with Gasteiger partial charge in [0.25, 0.3) is 5.56 Å². The molecule has 1 amide bonds. The highest BCUT2D eigenvalue weighted by atomic mass is 32.2. The van der Waals surface area contributed by atoms with E-state index in [1.807, 2.05) is 17.0 Å². The van der Waals surface area contributed by atoms with Crippen molar-refractivity contribution in [3.05, 3.63) is 58.0 Å². The third-order valence-electron chi connectivity index (χ3n) is 4.51. The van der Waals surface area contributed by atoms with Crippen molar-refractivity contribution < 1.29 is 4.79 Å². The highest BCUT2D eigenvalue weighted by Crippen LogP contribution is 2.32. The van der Waals surface area contributed by atoms with E-state index < -0.39 is 0 Å². The number of carbonyl (C=O) groups is 1. The molecule has 1 aromatic heterocycles. The molecular formula is C17H17N3O2S. The predicted octanol–water partition coefficient (Wildman–Crippen LogP) is 1.87. The smallest absolute Gasteiger partial charge is 0.254 e. The first kappa shape index (κ1) is 14.5. The molecule has 0 spiro atoms. The summed E-state index contributed by atoms with van der Waals surface area (Å²) < 4.78 is 1.67. The van der Waals surface area contributed by atoms with Gasteiger partial charge in [-0.3, -0.25) is 14.2 Å². The lowest BCUT2D eigenvalue weighted by Crippen LogP contribution is -2.37. The van der Waals surface area contributed by atoms with Gasteiger partial charge in [-0.15, -0.1) is 0 Å². The quantitative estimate of drug-likeness (QED) is 0.790. The Labute approximate surface area is 138 Å².